The fraction of sp³-hybridized carbons (Fsp3) is 0.625. The second kappa shape index (κ2) is 5.40. The van der Waals surface area contributed by atoms with E-state index < -0.39 is 0 Å². The molecule has 2 saturated heterocycles. The zero-order chi connectivity index (χ0) is 15.1. The van der Waals surface area contributed by atoms with Crippen LogP contribution >= 0.6 is 0 Å². The van der Waals surface area contributed by atoms with E-state index in [4.69, 9.17) is 14.0 Å². The summed E-state index contributed by atoms with van der Waals surface area (Å²) in [6, 6.07) is 8.32. The number of rotatable bonds is 4. The van der Waals surface area contributed by atoms with Gasteiger partial charge in [-0.1, -0.05) is 24.3 Å². The number of benzene rings is 1. The van der Waals surface area contributed by atoms with Gasteiger partial charge in [0.05, 0.1) is 23.9 Å². The smallest absolute Gasteiger partial charge is 0.399 e. The molecule has 5 heteroatoms. The van der Waals surface area contributed by atoms with Crippen molar-refractivity contribution in [1.82, 2.24) is 5.32 Å². The van der Waals surface area contributed by atoms with Gasteiger partial charge in [0.15, 0.2) is 0 Å². The fourth-order valence-corrected chi connectivity index (χ4v) is 2.34. The molecule has 0 unspecified atom stereocenters. The van der Waals surface area contributed by atoms with E-state index in [0.29, 0.717) is 12.7 Å². The first-order valence-corrected chi connectivity index (χ1v) is 7.64. The topological polar surface area (TPSA) is 39.7 Å². The third-order valence-electron chi connectivity index (χ3n) is 4.73. The van der Waals surface area contributed by atoms with E-state index in [1.54, 1.807) is 0 Å². The van der Waals surface area contributed by atoms with Gasteiger partial charge in [0, 0.05) is 13.1 Å². The highest BCUT2D eigenvalue weighted by Crippen LogP contribution is 2.36. The van der Waals surface area contributed by atoms with Crippen LogP contribution in [0.2, 0.25) is 0 Å². The van der Waals surface area contributed by atoms with Gasteiger partial charge < -0.3 is 19.4 Å². The summed E-state index contributed by atoms with van der Waals surface area (Å²) >= 11 is 0. The van der Waals surface area contributed by atoms with E-state index in [0.717, 1.165) is 18.6 Å². The van der Waals surface area contributed by atoms with E-state index in [1.807, 2.05) is 0 Å². The Balaban J connectivity index is 1.62. The molecule has 2 aliphatic heterocycles. The van der Waals surface area contributed by atoms with Crippen LogP contribution in [0.4, 0.5) is 0 Å². The Hall–Kier alpha value is -0.875. The Labute approximate surface area is 127 Å². The minimum atomic E-state index is -0.295. The first kappa shape index (κ1) is 15.0. The molecule has 0 radical (unpaired) electrons. The maximum absolute atomic E-state index is 6.05. The van der Waals surface area contributed by atoms with Crippen LogP contribution < -0.4 is 10.8 Å². The lowest BCUT2D eigenvalue weighted by atomic mass is 9.79. The summed E-state index contributed by atoms with van der Waals surface area (Å²) in [4.78, 5) is 0. The van der Waals surface area contributed by atoms with Gasteiger partial charge in [0.2, 0.25) is 0 Å². The zero-order valence-electron chi connectivity index (χ0n) is 13.3. The Morgan fingerprint density at radius 2 is 1.67 bits per heavy atom. The number of nitrogens with one attached hydrogen (secondary N) is 1. The van der Waals surface area contributed by atoms with Crippen molar-refractivity contribution < 1.29 is 14.0 Å². The number of hydrogen-bond acceptors (Lipinski definition) is 4. The Kier molecular flexibility index (Phi) is 3.86. The van der Waals surface area contributed by atoms with Crippen LogP contribution in [0.5, 0.6) is 0 Å². The summed E-state index contributed by atoms with van der Waals surface area (Å²) in [6.07, 6.45) is 0.368. The predicted molar refractivity (Wildman–Crippen MR) is 83.6 cm³/mol. The van der Waals surface area contributed by atoms with Crippen molar-refractivity contribution >= 4 is 12.6 Å². The first-order valence-electron chi connectivity index (χ1n) is 7.64. The lowest BCUT2D eigenvalue weighted by Crippen LogP contribution is -2.48. The molecule has 0 aliphatic carbocycles. The minimum Gasteiger partial charge on any atom is -0.399 e. The van der Waals surface area contributed by atoms with Crippen molar-refractivity contribution in [3.63, 3.8) is 0 Å². The number of ether oxygens (including phenoxy) is 1. The maximum atomic E-state index is 6.05. The molecule has 0 aromatic heterocycles. The molecule has 0 spiro atoms. The van der Waals surface area contributed by atoms with E-state index in [2.05, 4.69) is 57.3 Å². The molecule has 2 fully saturated rings. The summed E-state index contributed by atoms with van der Waals surface area (Å²) in [5.41, 5.74) is 1.65. The maximum Gasteiger partial charge on any atom is 0.494 e. The van der Waals surface area contributed by atoms with Gasteiger partial charge in [0.1, 0.15) is 0 Å². The molecular weight excluding hydrogens is 265 g/mol. The molecule has 0 amide bonds. The van der Waals surface area contributed by atoms with Crippen LogP contribution in [-0.4, -0.2) is 37.5 Å². The van der Waals surface area contributed by atoms with Crippen LogP contribution in [0.3, 0.4) is 0 Å². The largest absolute Gasteiger partial charge is 0.494 e. The van der Waals surface area contributed by atoms with Crippen molar-refractivity contribution in [3.8, 4) is 0 Å². The summed E-state index contributed by atoms with van der Waals surface area (Å²) < 4.78 is 17.9. The van der Waals surface area contributed by atoms with Crippen molar-refractivity contribution in [1.29, 1.82) is 0 Å². The Morgan fingerprint density at radius 1 is 1.10 bits per heavy atom. The predicted octanol–water partition coefficient (Wildman–Crippen LogP) is 1.47. The van der Waals surface area contributed by atoms with Gasteiger partial charge in [-0.05, 0) is 38.7 Å². The molecule has 0 bridgehead atoms. The second-order valence-corrected chi connectivity index (χ2v) is 6.92. The molecule has 2 heterocycles. The standard InChI is InChI=1S/C16H24BNO3/c1-15(2)16(3,4)21-17(20-15)13-7-5-12(6-8-13)11-19-14-9-18-10-14/h5-8,14,18H,9-11H2,1-4H3. The Morgan fingerprint density at radius 3 is 2.14 bits per heavy atom. The van der Waals surface area contributed by atoms with E-state index >= 15 is 0 Å². The SMILES string of the molecule is CC1(C)OB(c2ccc(COC3CNC3)cc2)OC1(C)C. The van der Waals surface area contributed by atoms with Crippen molar-refractivity contribution in [2.45, 2.75) is 51.6 Å². The van der Waals surface area contributed by atoms with Gasteiger partial charge in [-0.15, -0.1) is 0 Å². The van der Waals surface area contributed by atoms with Crippen molar-refractivity contribution in [2.75, 3.05) is 13.1 Å². The summed E-state index contributed by atoms with van der Waals surface area (Å²) in [5, 5.41) is 3.20. The molecule has 1 N–H and O–H groups in total. The second-order valence-electron chi connectivity index (χ2n) is 6.92. The van der Waals surface area contributed by atoms with Crippen molar-refractivity contribution in [2.24, 2.45) is 0 Å². The number of hydrogen-bond donors (Lipinski definition) is 1. The van der Waals surface area contributed by atoms with Crippen LogP contribution in [0, 0.1) is 0 Å². The van der Waals surface area contributed by atoms with Crippen molar-refractivity contribution in [3.05, 3.63) is 29.8 Å². The molecule has 0 atom stereocenters. The third kappa shape index (κ3) is 3.02. The lowest BCUT2D eigenvalue weighted by Gasteiger charge is -2.32. The lowest BCUT2D eigenvalue weighted by molar-refractivity contribution is 0.00578. The molecule has 114 valence electrons. The average molecular weight is 289 g/mol. The molecule has 3 rings (SSSR count). The fourth-order valence-electron chi connectivity index (χ4n) is 2.34. The molecular formula is C16H24BNO3. The normalized spacial score (nSPS) is 24.1. The molecule has 2 aliphatic rings. The van der Waals surface area contributed by atoms with E-state index in [-0.39, 0.29) is 18.3 Å². The third-order valence-corrected chi connectivity index (χ3v) is 4.73. The van der Waals surface area contributed by atoms with Gasteiger partial charge >= 0.3 is 7.12 Å². The van der Waals surface area contributed by atoms with Gasteiger partial charge in [-0.3, -0.25) is 0 Å². The highest BCUT2D eigenvalue weighted by molar-refractivity contribution is 6.62. The molecule has 1 aromatic carbocycles. The van der Waals surface area contributed by atoms with E-state index in [1.165, 1.54) is 5.56 Å². The minimum absolute atomic E-state index is 0.291. The van der Waals surface area contributed by atoms with Gasteiger partial charge in [0.25, 0.3) is 0 Å². The average Bonchev–Trinajstić information content (AvgIpc) is 2.57. The van der Waals surface area contributed by atoms with Crippen LogP contribution in [0.1, 0.15) is 33.3 Å². The monoisotopic (exact) mass is 289 g/mol. The molecule has 4 nitrogen and oxygen atoms in total. The van der Waals surface area contributed by atoms with Gasteiger partial charge in [-0.2, -0.15) is 0 Å². The summed E-state index contributed by atoms with van der Waals surface area (Å²) in [6.45, 7) is 10.9. The van der Waals surface area contributed by atoms with Gasteiger partial charge in [-0.25, -0.2) is 0 Å². The molecule has 21 heavy (non-hydrogen) atoms. The highest BCUT2D eigenvalue weighted by Gasteiger charge is 2.51. The van der Waals surface area contributed by atoms with Crippen LogP contribution in [-0.2, 0) is 20.7 Å². The summed E-state index contributed by atoms with van der Waals surface area (Å²) in [7, 11) is -0.291. The Bertz CT molecular complexity index is 481. The van der Waals surface area contributed by atoms with Crippen LogP contribution in [0.25, 0.3) is 0 Å². The summed E-state index contributed by atoms with van der Waals surface area (Å²) in [5.74, 6) is 0. The zero-order valence-corrected chi connectivity index (χ0v) is 13.3. The quantitative estimate of drug-likeness (QED) is 0.852. The highest BCUT2D eigenvalue weighted by atomic mass is 16.7. The molecule has 1 aromatic rings. The van der Waals surface area contributed by atoms with Crippen LogP contribution in [0.15, 0.2) is 24.3 Å². The van der Waals surface area contributed by atoms with E-state index in [9.17, 15) is 0 Å². The first-order chi connectivity index (χ1) is 9.87. The molecule has 0 saturated carbocycles.